The van der Waals surface area contributed by atoms with Crippen LogP contribution in [0.3, 0.4) is 0 Å². The summed E-state index contributed by atoms with van der Waals surface area (Å²) in [4.78, 5) is 31.1. The van der Waals surface area contributed by atoms with Crippen molar-refractivity contribution in [2.45, 2.75) is 53.8 Å². The second-order valence-corrected chi connectivity index (χ2v) is 12.1. The van der Waals surface area contributed by atoms with Gasteiger partial charge >= 0.3 is 0 Å². The van der Waals surface area contributed by atoms with Gasteiger partial charge in [0, 0.05) is 21.7 Å². The Morgan fingerprint density at radius 3 is 2.26 bits per heavy atom. The quantitative estimate of drug-likeness (QED) is 0.117. The second-order valence-electron chi connectivity index (χ2n) is 11.6. The molecule has 0 bridgehead atoms. The lowest BCUT2D eigenvalue weighted by Gasteiger charge is -2.16. The fourth-order valence-corrected chi connectivity index (χ4v) is 5.17. The zero-order valence-electron chi connectivity index (χ0n) is 27.2. The van der Waals surface area contributed by atoms with Crippen LogP contribution in [0, 0.1) is 13.8 Å². The van der Waals surface area contributed by atoms with E-state index in [-0.39, 0.29) is 17.9 Å². The van der Waals surface area contributed by atoms with Crippen molar-refractivity contribution >= 4 is 45.7 Å². The van der Waals surface area contributed by atoms with Crippen molar-refractivity contribution < 1.29 is 19.1 Å². The number of aryl methyl sites for hydroxylation is 2. The summed E-state index contributed by atoms with van der Waals surface area (Å²) in [5.41, 5.74) is 9.28. The molecule has 0 radical (unpaired) electrons. The average molecular weight is 649 g/mol. The average Bonchev–Trinajstić information content (AvgIpc) is 3.04. The van der Waals surface area contributed by atoms with Crippen LogP contribution in [0.2, 0.25) is 5.02 Å². The van der Waals surface area contributed by atoms with E-state index in [4.69, 9.17) is 26.1 Å². The molecule has 1 unspecified atom stereocenters. The number of halogens is 1. The molecule has 47 heavy (non-hydrogen) atoms. The number of hydrogen-bond donors (Lipinski definition) is 2. The summed E-state index contributed by atoms with van der Waals surface area (Å²) in [7, 11) is 0. The molecule has 0 spiro atoms. The van der Waals surface area contributed by atoms with E-state index < -0.39 is 6.10 Å². The monoisotopic (exact) mass is 648 g/mol. The number of fused-ring (bicyclic) bond motifs is 1. The Morgan fingerprint density at radius 2 is 1.57 bits per heavy atom. The Hall–Kier alpha value is -5.21. The third-order valence-corrected chi connectivity index (χ3v) is 7.67. The normalized spacial score (nSPS) is 12.1. The standard InChI is InChI=1S/C38H37ClN4O4/c1-22(2)46-31-15-10-28(11-16-31)35-21-33(32-19-23(3)7-17-34(32)41-35)38(45)43-42-25(5)27-8-13-30(14-9-27)40-37(44)26(6)47-36-18-12-29(39)20-24(36)4/h7-22,26H,1-6H3,(H,40,44)(H,43,45)/b42-25+. The molecule has 0 aliphatic rings. The van der Waals surface area contributed by atoms with E-state index in [9.17, 15) is 9.59 Å². The van der Waals surface area contributed by atoms with Crippen LogP contribution in [-0.2, 0) is 4.79 Å². The molecule has 1 heterocycles. The number of anilines is 1. The first-order valence-electron chi connectivity index (χ1n) is 15.3. The molecule has 0 fully saturated rings. The molecule has 8 nitrogen and oxygen atoms in total. The lowest BCUT2D eigenvalue weighted by atomic mass is 10.0. The number of nitrogens with one attached hydrogen (secondary N) is 2. The van der Waals surface area contributed by atoms with Crippen molar-refractivity contribution in [3.05, 3.63) is 118 Å². The second kappa shape index (κ2) is 14.5. The largest absolute Gasteiger partial charge is 0.491 e. The summed E-state index contributed by atoms with van der Waals surface area (Å²) in [6.07, 6.45) is -0.652. The Labute approximate surface area is 279 Å². The summed E-state index contributed by atoms with van der Waals surface area (Å²) >= 11 is 6.02. The molecule has 0 saturated carbocycles. The molecular weight excluding hydrogens is 612 g/mol. The number of hydrazone groups is 1. The summed E-state index contributed by atoms with van der Waals surface area (Å²) in [5, 5.41) is 8.60. The van der Waals surface area contributed by atoms with Crippen LogP contribution in [0.15, 0.2) is 96.1 Å². The predicted octanol–water partition coefficient (Wildman–Crippen LogP) is 8.52. The van der Waals surface area contributed by atoms with Crippen LogP contribution in [0.1, 0.15) is 54.7 Å². The SMILES string of the molecule is C/C(=N\NC(=O)c1cc(-c2ccc(OC(C)C)cc2)nc2ccc(C)cc12)c1ccc(NC(=O)C(C)Oc2ccc(Cl)cc2C)cc1. The van der Waals surface area contributed by atoms with Gasteiger partial charge in [-0.3, -0.25) is 9.59 Å². The maximum Gasteiger partial charge on any atom is 0.272 e. The predicted molar refractivity (Wildman–Crippen MR) is 189 cm³/mol. The highest BCUT2D eigenvalue weighted by molar-refractivity contribution is 6.30. The Bertz CT molecular complexity index is 1950. The van der Waals surface area contributed by atoms with Crippen LogP contribution in [-0.4, -0.2) is 34.7 Å². The van der Waals surface area contributed by atoms with Crippen LogP contribution >= 0.6 is 11.6 Å². The zero-order chi connectivity index (χ0) is 33.7. The third-order valence-electron chi connectivity index (χ3n) is 7.44. The number of rotatable bonds is 10. The molecule has 0 aliphatic heterocycles. The van der Waals surface area contributed by atoms with Crippen LogP contribution < -0.4 is 20.2 Å². The van der Waals surface area contributed by atoms with E-state index in [0.717, 1.165) is 33.4 Å². The molecule has 0 saturated heterocycles. The van der Waals surface area contributed by atoms with E-state index in [1.54, 1.807) is 50.2 Å². The van der Waals surface area contributed by atoms with Crippen molar-refractivity contribution in [1.29, 1.82) is 0 Å². The third kappa shape index (κ3) is 8.34. The molecule has 0 aliphatic carbocycles. The van der Waals surface area contributed by atoms with E-state index in [2.05, 4.69) is 15.8 Å². The Morgan fingerprint density at radius 1 is 0.851 bits per heavy atom. The highest BCUT2D eigenvalue weighted by atomic mass is 35.5. The number of ether oxygens (including phenoxy) is 2. The number of carbonyl (C=O) groups excluding carboxylic acids is 2. The Balaban J connectivity index is 1.28. The number of aromatic nitrogens is 1. The number of benzene rings is 4. The van der Waals surface area contributed by atoms with E-state index in [0.29, 0.717) is 38.9 Å². The van der Waals surface area contributed by atoms with Crippen molar-refractivity contribution in [3.63, 3.8) is 0 Å². The minimum atomic E-state index is -0.722. The molecule has 4 aromatic carbocycles. The fraction of sp³-hybridized carbons (Fsp3) is 0.211. The molecule has 2 amide bonds. The Kier molecular flexibility index (Phi) is 10.2. The number of hydrogen-bond acceptors (Lipinski definition) is 6. The van der Waals surface area contributed by atoms with Crippen LogP contribution in [0.5, 0.6) is 11.5 Å². The molecule has 5 rings (SSSR count). The fourth-order valence-electron chi connectivity index (χ4n) is 4.94. The summed E-state index contributed by atoms with van der Waals surface area (Å²) in [6.45, 7) is 11.3. The maximum atomic E-state index is 13.5. The van der Waals surface area contributed by atoms with Crippen molar-refractivity contribution in [3.8, 4) is 22.8 Å². The molecule has 2 N–H and O–H groups in total. The van der Waals surface area contributed by atoms with Gasteiger partial charge in [-0.15, -0.1) is 0 Å². The maximum absolute atomic E-state index is 13.5. The summed E-state index contributed by atoms with van der Waals surface area (Å²) < 4.78 is 11.6. The van der Waals surface area contributed by atoms with Gasteiger partial charge in [-0.1, -0.05) is 35.4 Å². The first-order valence-corrected chi connectivity index (χ1v) is 15.7. The first-order chi connectivity index (χ1) is 22.5. The molecule has 240 valence electrons. The summed E-state index contributed by atoms with van der Waals surface area (Å²) in [5.74, 6) is 0.727. The number of amides is 2. The molecule has 1 atom stereocenters. The van der Waals surface area contributed by atoms with Gasteiger partial charge in [0.05, 0.1) is 28.6 Å². The molecule has 9 heteroatoms. The molecule has 5 aromatic rings. The van der Waals surface area contributed by atoms with Gasteiger partial charge in [0.15, 0.2) is 6.10 Å². The molecular formula is C38H37ClN4O4. The zero-order valence-corrected chi connectivity index (χ0v) is 28.0. The van der Waals surface area contributed by atoms with Crippen LogP contribution in [0.25, 0.3) is 22.2 Å². The summed E-state index contributed by atoms with van der Waals surface area (Å²) in [6, 6.07) is 27.8. The number of carbonyl (C=O) groups is 2. The lowest BCUT2D eigenvalue weighted by Crippen LogP contribution is -2.30. The first kappa shape index (κ1) is 33.2. The highest BCUT2D eigenvalue weighted by Crippen LogP contribution is 2.28. The topological polar surface area (TPSA) is 102 Å². The van der Waals surface area contributed by atoms with E-state index in [1.165, 1.54) is 0 Å². The highest BCUT2D eigenvalue weighted by Gasteiger charge is 2.17. The van der Waals surface area contributed by atoms with Gasteiger partial charge in [-0.25, -0.2) is 10.4 Å². The minimum absolute atomic E-state index is 0.0700. The smallest absolute Gasteiger partial charge is 0.272 e. The van der Waals surface area contributed by atoms with Gasteiger partial charge in [0.1, 0.15) is 11.5 Å². The van der Waals surface area contributed by atoms with Gasteiger partial charge in [-0.2, -0.15) is 5.10 Å². The number of nitrogens with zero attached hydrogens (tertiary/aromatic N) is 2. The van der Waals surface area contributed by atoms with Gasteiger partial charge in [0.25, 0.3) is 11.8 Å². The molecule has 1 aromatic heterocycles. The van der Waals surface area contributed by atoms with Crippen molar-refractivity contribution in [2.75, 3.05) is 5.32 Å². The lowest BCUT2D eigenvalue weighted by molar-refractivity contribution is -0.122. The van der Waals surface area contributed by atoms with Crippen molar-refractivity contribution in [1.82, 2.24) is 10.4 Å². The van der Waals surface area contributed by atoms with Gasteiger partial charge < -0.3 is 14.8 Å². The van der Waals surface area contributed by atoms with E-state index in [1.807, 2.05) is 82.3 Å². The minimum Gasteiger partial charge on any atom is -0.491 e. The van der Waals surface area contributed by atoms with Gasteiger partial charge in [-0.05, 0) is 125 Å². The number of pyridine rings is 1. The van der Waals surface area contributed by atoms with Crippen LogP contribution in [0.4, 0.5) is 5.69 Å². The van der Waals surface area contributed by atoms with Gasteiger partial charge in [0.2, 0.25) is 0 Å². The van der Waals surface area contributed by atoms with Crippen molar-refractivity contribution in [2.24, 2.45) is 5.10 Å². The van der Waals surface area contributed by atoms with E-state index >= 15 is 0 Å².